The molecule has 1 aromatic heterocycles. The van der Waals surface area contributed by atoms with E-state index in [1.54, 1.807) is 12.4 Å². The molecule has 1 heterocycles. The van der Waals surface area contributed by atoms with E-state index in [1.165, 1.54) is 0 Å². The minimum atomic E-state index is -0.572. The lowest BCUT2D eigenvalue weighted by Crippen LogP contribution is -2.03. The van der Waals surface area contributed by atoms with E-state index in [0.717, 1.165) is 22.3 Å². The van der Waals surface area contributed by atoms with Gasteiger partial charge in [0.2, 0.25) is 0 Å². The van der Waals surface area contributed by atoms with Crippen molar-refractivity contribution in [2.45, 2.75) is 26.4 Å². The lowest BCUT2D eigenvalue weighted by Gasteiger charge is -2.12. The fourth-order valence-electron chi connectivity index (χ4n) is 1.90. The van der Waals surface area contributed by atoms with Crippen molar-refractivity contribution >= 4 is 11.6 Å². The van der Waals surface area contributed by atoms with Crippen molar-refractivity contribution in [2.75, 3.05) is 0 Å². The van der Waals surface area contributed by atoms with Crippen LogP contribution >= 0.6 is 11.6 Å². The zero-order valence-electron chi connectivity index (χ0n) is 10.5. The van der Waals surface area contributed by atoms with E-state index in [0.29, 0.717) is 11.4 Å². The Morgan fingerprint density at radius 3 is 2.61 bits per heavy atom. The third kappa shape index (κ3) is 3.09. The Hall–Kier alpha value is -1.38. The minimum Gasteiger partial charge on any atom is -0.388 e. The van der Waals surface area contributed by atoms with Crippen LogP contribution < -0.4 is 0 Å². The van der Waals surface area contributed by atoms with Crippen LogP contribution in [0.25, 0.3) is 0 Å². The third-order valence-corrected chi connectivity index (χ3v) is 3.25. The average molecular weight is 262 g/mol. The SMILES string of the molecule is Cc1cncc(C(O)Cc2ccc(C)cc2Cl)c1. The molecule has 1 unspecified atom stereocenters. The fraction of sp³-hybridized carbons (Fsp3) is 0.267. The molecule has 0 aliphatic heterocycles. The summed E-state index contributed by atoms with van der Waals surface area (Å²) in [6.07, 6.45) is 3.40. The van der Waals surface area contributed by atoms with E-state index < -0.39 is 6.10 Å². The van der Waals surface area contributed by atoms with Crippen LogP contribution in [0.4, 0.5) is 0 Å². The van der Waals surface area contributed by atoms with Crippen molar-refractivity contribution in [1.29, 1.82) is 0 Å². The summed E-state index contributed by atoms with van der Waals surface area (Å²) in [5, 5.41) is 10.9. The number of aromatic nitrogens is 1. The molecule has 0 aliphatic carbocycles. The van der Waals surface area contributed by atoms with Gasteiger partial charge in [-0.05, 0) is 42.2 Å². The molecule has 0 aliphatic rings. The molecule has 1 aromatic carbocycles. The lowest BCUT2D eigenvalue weighted by atomic mass is 10.0. The van der Waals surface area contributed by atoms with Crippen molar-refractivity contribution in [3.05, 3.63) is 63.9 Å². The molecule has 0 radical (unpaired) electrons. The number of rotatable bonds is 3. The maximum atomic E-state index is 10.2. The molecule has 2 nitrogen and oxygen atoms in total. The van der Waals surface area contributed by atoms with E-state index in [9.17, 15) is 5.11 Å². The summed E-state index contributed by atoms with van der Waals surface area (Å²) in [4.78, 5) is 4.09. The van der Waals surface area contributed by atoms with Gasteiger partial charge in [0.1, 0.15) is 0 Å². The van der Waals surface area contributed by atoms with Crippen LogP contribution in [0.2, 0.25) is 5.02 Å². The van der Waals surface area contributed by atoms with Gasteiger partial charge in [-0.15, -0.1) is 0 Å². The number of halogens is 1. The van der Waals surface area contributed by atoms with Gasteiger partial charge in [-0.3, -0.25) is 4.98 Å². The highest BCUT2D eigenvalue weighted by Crippen LogP contribution is 2.24. The first-order chi connectivity index (χ1) is 8.56. The third-order valence-electron chi connectivity index (χ3n) is 2.90. The highest BCUT2D eigenvalue weighted by Gasteiger charge is 2.11. The number of aryl methyl sites for hydroxylation is 2. The molecule has 0 fully saturated rings. The zero-order chi connectivity index (χ0) is 13.1. The van der Waals surface area contributed by atoms with Crippen LogP contribution in [-0.2, 0) is 6.42 Å². The zero-order valence-corrected chi connectivity index (χ0v) is 11.3. The van der Waals surface area contributed by atoms with E-state index in [-0.39, 0.29) is 0 Å². The van der Waals surface area contributed by atoms with Gasteiger partial charge < -0.3 is 5.11 Å². The maximum absolute atomic E-state index is 10.2. The van der Waals surface area contributed by atoms with Crippen molar-refractivity contribution in [2.24, 2.45) is 0 Å². The molecule has 94 valence electrons. The molecule has 0 amide bonds. The van der Waals surface area contributed by atoms with Gasteiger partial charge in [-0.2, -0.15) is 0 Å². The largest absolute Gasteiger partial charge is 0.388 e. The number of hydrogen-bond acceptors (Lipinski definition) is 2. The second-order valence-electron chi connectivity index (χ2n) is 4.61. The predicted molar refractivity (Wildman–Crippen MR) is 73.8 cm³/mol. The smallest absolute Gasteiger partial charge is 0.0845 e. The Kier molecular flexibility index (Phi) is 4.00. The number of hydrogen-bond donors (Lipinski definition) is 1. The molecule has 0 saturated heterocycles. The highest BCUT2D eigenvalue weighted by molar-refractivity contribution is 6.31. The molecule has 1 N–H and O–H groups in total. The Balaban J connectivity index is 2.18. The summed E-state index contributed by atoms with van der Waals surface area (Å²) >= 11 is 6.17. The van der Waals surface area contributed by atoms with Gasteiger partial charge >= 0.3 is 0 Å². The van der Waals surface area contributed by atoms with Gasteiger partial charge in [0.05, 0.1) is 6.10 Å². The second kappa shape index (κ2) is 5.51. The first kappa shape index (κ1) is 13.1. The summed E-state index contributed by atoms with van der Waals surface area (Å²) in [6.45, 7) is 3.96. The molecule has 2 rings (SSSR count). The molecule has 0 saturated carbocycles. The average Bonchev–Trinajstić information content (AvgIpc) is 2.32. The van der Waals surface area contributed by atoms with Crippen LogP contribution in [0.3, 0.4) is 0 Å². The van der Waals surface area contributed by atoms with Crippen molar-refractivity contribution in [3.63, 3.8) is 0 Å². The Bertz CT molecular complexity index is 554. The number of benzene rings is 1. The summed E-state index contributed by atoms with van der Waals surface area (Å²) in [7, 11) is 0. The van der Waals surface area contributed by atoms with E-state index in [2.05, 4.69) is 4.98 Å². The molecule has 2 aromatic rings. The van der Waals surface area contributed by atoms with Crippen LogP contribution in [0, 0.1) is 13.8 Å². The fourth-order valence-corrected chi connectivity index (χ4v) is 2.22. The Morgan fingerprint density at radius 1 is 1.17 bits per heavy atom. The molecule has 18 heavy (non-hydrogen) atoms. The lowest BCUT2D eigenvalue weighted by molar-refractivity contribution is 0.178. The van der Waals surface area contributed by atoms with Crippen LogP contribution in [0.15, 0.2) is 36.7 Å². The summed E-state index contributed by atoms with van der Waals surface area (Å²) in [5.41, 5.74) is 3.94. The Labute approximate surface area is 112 Å². The monoisotopic (exact) mass is 261 g/mol. The topological polar surface area (TPSA) is 33.1 Å². The van der Waals surface area contributed by atoms with Crippen LogP contribution in [0.5, 0.6) is 0 Å². The number of pyridine rings is 1. The van der Waals surface area contributed by atoms with Crippen molar-refractivity contribution < 1.29 is 5.11 Å². The summed E-state index contributed by atoms with van der Waals surface area (Å²) in [6, 6.07) is 7.82. The summed E-state index contributed by atoms with van der Waals surface area (Å²) in [5.74, 6) is 0. The highest BCUT2D eigenvalue weighted by atomic mass is 35.5. The molecule has 3 heteroatoms. The number of nitrogens with zero attached hydrogens (tertiary/aromatic N) is 1. The molecule has 1 atom stereocenters. The van der Waals surface area contributed by atoms with E-state index >= 15 is 0 Å². The molecule has 0 bridgehead atoms. The summed E-state index contributed by atoms with van der Waals surface area (Å²) < 4.78 is 0. The van der Waals surface area contributed by atoms with Gasteiger partial charge in [-0.25, -0.2) is 0 Å². The quantitative estimate of drug-likeness (QED) is 0.915. The number of aliphatic hydroxyl groups is 1. The molecular formula is C15H16ClNO. The molecule has 0 spiro atoms. The van der Waals surface area contributed by atoms with Gasteiger partial charge in [0.25, 0.3) is 0 Å². The standard InChI is InChI=1S/C15H16ClNO/c1-10-3-4-12(14(16)6-10)7-15(18)13-5-11(2)8-17-9-13/h3-6,8-9,15,18H,7H2,1-2H3. The molecular weight excluding hydrogens is 246 g/mol. The maximum Gasteiger partial charge on any atom is 0.0845 e. The van der Waals surface area contributed by atoms with Gasteiger partial charge in [0.15, 0.2) is 0 Å². The van der Waals surface area contributed by atoms with Crippen molar-refractivity contribution in [1.82, 2.24) is 4.98 Å². The first-order valence-electron chi connectivity index (χ1n) is 5.91. The van der Waals surface area contributed by atoms with Crippen LogP contribution in [-0.4, -0.2) is 10.1 Å². The number of aliphatic hydroxyl groups excluding tert-OH is 1. The van der Waals surface area contributed by atoms with Crippen molar-refractivity contribution in [3.8, 4) is 0 Å². The first-order valence-corrected chi connectivity index (χ1v) is 6.28. The normalized spacial score (nSPS) is 12.4. The Morgan fingerprint density at radius 2 is 1.94 bits per heavy atom. The second-order valence-corrected chi connectivity index (χ2v) is 5.02. The van der Waals surface area contributed by atoms with E-state index in [1.807, 2.05) is 38.1 Å². The minimum absolute atomic E-state index is 0.504. The van der Waals surface area contributed by atoms with Gasteiger partial charge in [0, 0.05) is 23.8 Å². The van der Waals surface area contributed by atoms with Gasteiger partial charge in [-0.1, -0.05) is 29.8 Å². The van der Waals surface area contributed by atoms with E-state index in [4.69, 9.17) is 11.6 Å². The predicted octanol–water partition coefficient (Wildman–Crippen LogP) is 3.63. The van der Waals surface area contributed by atoms with Crippen LogP contribution in [0.1, 0.15) is 28.4 Å².